The van der Waals surface area contributed by atoms with Gasteiger partial charge in [-0.2, -0.15) is 0 Å². The molecule has 2 nitrogen and oxygen atoms in total. The van der Waals surface area contributed by atoms with Crippen LogP contribution in [0.4, 0.5) is 0 Å². The predicted molar refractivity (Wildman–Crippen MR) is 76.4 cm³/mol. The van der Waals surface area contributed by atoms with Crippen molar-refractivity contribution >= 4 is 15.9 Å². The quantitative estimate of drug-likeness (QED) is 0.865. The molecule has 4 unspecified atom stereocenters. The maximum Gasteiger partial charge on any atom is 0.135 e. The maximum absolute atomic E-state index is 5.73. The third kappa shape index (κ3) is 2.27. The molecule has 4 atom stereocenters. The first-order valence-electron chi connectivity index (χ1n) is 7.25. The monoisotopic (exact) mass is 311 g/mol. The van der Waals surface area contributed by atoms with E-state index in [4.69, 9.17) is 4.42 Å². The molecular weight excluding hydrogens is 290 g/mol. The second-order valence-electron chi connectivity index (χ2n) is 5.90. The highest BCUT2D eigenvalue weighted by Gasteiger charge is 2.44. The highest BCUT2D eigenvalue weighted by Crippen LogP contribution is 2.53. The van der Waals surface area contributed by atoms with E-state index in [1.165, 1.54) is 32.1 Å². The van der Waals surface area contributed by atoms with E-state index in [-0.39, 0.29) is 0 Å². The molecule has 18 heavy (non-hydrogen) atoms. The number of hydrogen-bond acceptors (Lipinski definition) is 2. The molecule has 1 aromatic rings. The second-order valence-corrected chi connectivity index (χ2v) is 6.76. The zero-order chi connectivity index (χ0) is 12.5. The van der Waals surface area contributed by atoms with E-state index in [1.807, 2.05) is 6.07 Å². The molecule has 0 aliphatic heterocycles. The number of hydrogen-bond donors (Lipinski definition) is 1. The first-order chi connectivity index (χ1) is 8.79. The summed E-state index contributed by atoms with van der Waals surface area (Å²) in [4.78, 5) is 0. The average molecular weight is 312 g/mol. The van der Waals surface area contributed by atoms with Crippen LogP contribution in [0.5, 0.6) is 0 Å². The van der Waals surface area contributed by atoms with Crippen LogP contribution < -0.4 is 5.32 Å². The van der Waals surface area contributed by atoms with Crippen molar-refractivity contribution in [3.05, 3.63) is 22.6 Å². The minimum atomic E-state index is 0.407. The van der Waals surface area contributed by atoms with Gasteiger partial charge in [-0.15, -0.1) is 0 Å². The van der Waals surface area contributed by atoms with Gasteiger partial charge in [0.15, 0.2) is 0 Å². The molecule has 100 valence electrons. The van der Waals surface area contributed by atoms with Crippen molar-refractivity contribution in [2.45, 2.75) is 45.1 Å². The molecule has 2 aliphatic carbocycles. The largest absolute Gasteiger partial charge is 0.466 e. The average Bonchev–Trinajstić information content (AvgIpc) is 3.07. The Labute approximate surface area is 118 Å². The SMILES string of the molecule is CCCNC(c1occc1Br)C1CC2CCC1C2. The van der Waals surface area contributed by atoms with Gasteiger partial charge in [0.1, 0.15) is 5.76 Å². The van der Waals surface area contributed by atoms with Crippen LogP contribution in [0.25, 0.3) is 0 Å². The first-order valence-corrected chi connectivity index (χ1v) is 8.05. The third-order valence-corrected chi connectivity index (χ3v) is 5.42. The van der Waals surface area contributed by atoms with Gasteiger partial charge in [0.05, 0.1) is 16.8 Å². The van der Waals surface area contributed by atoms with Crippen LogP contribution in [0.3, 0.4) is 0 Å². The van der Waals surface area contributed by atoms with Gasteiger partial charge in [0.2, 0.25) is 0 Å². The lowest BCUT2D eigenvalue weighted by atomic mass is 9.82. The van der Waals surface area contributed by atoms with Crippen LogP contribution >= 0.6 is 15.9 Å². The van der Waals surface area contributed by atoms with E-state index >= 15 is 0 Å². The molecule has 3 heteroatoms. The summed E-state index contributed by atoms with van der Waals surface area (Å²) in [5, 5.41) is 3.72. The Kier molecular flexibility index (Phi) is 3.81. The number of halogens is 1. The van der Waals surface area contributed by atoms with Crippen LogP contribution in [0.15, 0.2) is 21.2 Å². The molecule has 0 radical (unpaired) electrons. The van der Waals surface area contributed by atoms with Crippen LogP contribution in [0, 0.1) is 17.8 Å². The molecule has 0 amide bonds. The molecule has 1 N–H and O–H groups in total. The first kappa shape index (κ1) is 12.7. The van der Waals surface area contributed by atoms with Gasteiger partial charge in [0, 0.05) is 0 Å². The van der Waals surface area contributed by atoms with Crippen molar-refractivity contribution in [3.63, 3.8) is 0 Å². The molecule has 0 spiro atoms. The molecule has 0 aromatic carbocycles. The normalized spacial score (nSPS) is 32.0. The maximum atomic E-state index is 5.73. The lowest BCUT2D eigenvalue weighted by Crippen LogP contribution is -2.31. The standard InChI is InChI=1S/C15H22BrNO/c1-2-6-17-14(15-13(16)5-7-18-15)12-9-10-3-4-11(12)8-10/h5,7,10-12,14,17H,2-4,6,8-9H2,1H3. The predicted octanol–water partition coefficient (Wildman–Crippen LogP) is 4.52. The minimum Gasteiger partial charge on any atom is -0.466 e. The van der Waals surface area contributed by atoms with E-state index < -0.39 is 0 Å². The van der Waals surface area contributed by atoms with Crippen molar-refractivity contribution in [1.82, 2.24) is 5.32 Å². The number of nitrogens with one attached hydrogen (secondary N) is 1. The van der Waals surface area contributed by atoms with E-state index in [9.17, 15) is 0 Å². The molecule has 1 aromatic heterocycles. The second kappa shape index (κ2) is 5.38. The van der Waals surface area contributed by atoms with Gasteiger partial charge >= 0.3 is 0 Å². The van der Waals surface area contributed by atoms with Crippen molar-refractivity contribution in [2.24, 2.45) is 17.8 Å². The smallest absolute Gasteiger partial charge is 0.135 e. The summed E-state index contributed by atoms with van der Waals surface area (Å²) >= 11 is 3.63. The van der Waals surface area contributed by atoms with E-state index in [0.717, 1.165) is 34.5 Å². The molecule has 2 aliphatic rings. The van der Waals surface area contributed by atoms with E-state index in [0.29, 0.717) is 6.04 Å². The van der Waals surface area contributed by atoms with Crippen LogP contribution in [0.1, 0.15) is 50.8 Å². The fraction of sp³-hybridized carbons (Fsp3) is 0.733. The molecular formula is C15H22BrNO. The Bertz CT molecular complexity index is 403. The molecule has 2 fully saturated rings. The Morgan fingerprint density at radius 2 is 2.33 bits per heavy atom. The lowest BCUT2D eigenvalue weighted by molar-refractivity contribution is 0.225. The number of rotatable bonds is 5. The molecule has 2 bridgehead atoms. The summed E-state index contributed by atoms with van der Waals surface area (Å²) in [7, 11) is 0. The highest BCUT2D eigenvalue weighted by molar-refractivity contribution is 9.10. The van der Waals surface area contributed by atoms with Crippen LogP contribution in [0.2, 0.25) is 0 Å². The summed E-state index contributed by atoms with van der Waals surface area (Å²) in [5.41, 5.74) is 0. The van der Waals surface area contributed by atoms with Gasteiger partial charge in [-0.25, -0.2) is 0 Å². The summed E-state index contributed by atoms with van der Waals surface area (Å²) in [6.07, 6.45) is 8.70. The summed E-state index contributed by atoms with van der Waals surface area (Å²) in [6.45, 7) is 3.30. The van der Waals surface area contributed by atoms with Gasteiger partial charge < -0.3 is 9.73 Å². The number of fused-ring (bicyclic) bond motifs is 2. The Hall–Kier alpha value is -0.280. The van der Waals surface area contributed by atoms with Crippen molar-refractivity contribution in [1.29, 1.82) is 0 Å². The van der Waals surface area contributed by atoms with Crippen LogP contribution in [-0.2, 0) is 0 Å². The Morgan fingerprint density at radius 1 is 1.44 bits per heavy atom. The Morgan fingerprint density at radius 3 is 2.89 bits per heavy atom. The lowest BCUT2D eigenvalue weighted by Gasteiger charge is -2.30. The van der Waals surface area contributed by atoms with Crippen molar-refractivity contribution in [3.8, 4) is 0 Å². The number of furan rings is 1. The zero-order valence-electron chi connectivity index (χ0n) is 11.0. The Balaban J connectivity index is 1.79. The highest BCUT2D eigenvalue weighted by atomic mass is 79.9. The van der Waals surface area contributed by atoms with Gasteiger partial charge in [-0.3, -0.25) is 0 Å². The minimum absolute atomic E-state index is 0.407. The van der Waals surface area contributed by atoms with Crippen molar-refractivity contribution in [2.75, 3.05) is 6.54 Å². The summed E-state index contributed by atoms with van der Waals surface area (Å²) in [6, 6.07) is 2.42. The molecule has 3 rings (SSSR count). The summed E-state index contributed by atoms with van der Waals surface area (Å²) < 4.78 is 6.86. The topological polar surface area (TPSA) is 25.2 Å². The van der Waals surface area contributed by atoms with Crippen LogP contribution in [-0.4, -0.2) is 6.54 Å². The fourth-order valence-electron chi connectivity index (χ4n) is 3.97. The summed E-state index contributed by atoms with van der Waals surface area (Å²) in [5.74, 6) is 3.79. The van der Waals surface area contributed by atoms with Gasteiger partial charge in [-0.1, -0.05) is 13.3 Å². The molecule has 0 saturated heterocycles. The van der Waals surface area contributed by atoms with E-state index in [2.05, 4.69) is 28.2 Å². The van der Waals surface area contributed by atoms with Crippen molar-refractivity contribution < 1.29 is 4.42 Å². The van der Waals surface area contributed by atoms with Gasteiger partial charge in [0.25, 0.3) is 0 Å². The third-order valence-electron chi connectivity index (χ3n) is 4.76. The fourth-order valence-corrected chi connectivity index (χ4v) is 4.42. The zero-order valence-corrected chi connectivity index (χ0v) is 12.6. The van der Waals surface area contributed by atoms with Gasteiger partial charge in [-0.05, 0) is 72.0 Å². The molecule has 2 saturated carbocycles. The van der Waals surface area contributed by atoms with E-state index in [1.54, 1.807) is 6.26 Å². The molecule has 1 heterocycles.